The minimum absolute atomic E-state index is 0.633. The summed E-state index contributed by atoms with van der Waals surface area (Å²) in [4.78, 5) is 5.05. The molecule has 2 aliphatic rings. The number of nitrogens with one attached hydrogen (secondary N) is 1. The number of hydrogen-bond acceptors (Lipinski definition) is 2. The first-order chi connectivity index (χ1) is 10.2. The van der Waals surface area contributed by atoms with Crippen molar-refractivity contribution in [2.45, 2.75) is 57.9 Å². The highest BCUT2D eigenvalue weighted by Crippen LogP contribution is 2.40. The lowest BCUT2D eigenvalue weighted by atomic mass is 9.84. The Morgan fingerprint density at radius 2 is 1.76 bits per heavy atom. The first-order valence-electron chi connectivity index (χ1n) is 8.44. The van der Waals surface area contributed by atoms with Crippen LogP contribution < -0.4 is 5.32 Å². The van der Waals surface area contributed by atoms with Crippen molar-refractivity contribution in [3.8, 4) is 0 Å². The molecule has 0 unspecified atom stereocenters. The van der Waals surface area contributed by atoms with E-state index in [1.165, 1.54) is 60.1 Å². The zero-order valence-corrected chi connectivity index (χ0v) is 13.2. The van der Waals surface area contributed by atoms with Crippen LogP contribution in [0.2, 0.25) is 0 Å². The largest absolute Gasteiger partial charge is 0.325 e. The Bertz CT molecular complexity index is 661. The number of aromatic nitrogens is 2. The van der Waals surface area contributed by atoms with Gasteiger partial charge in [0.2, 0.25) is 0 Å². The maximum atomic E-state index is 5.05. The molecule has 3 heteroatoms. The van der Waals surface area contributed by atoms with E-state index >= 15 is 0 Å². The summed E-state index contributed by atoms with van der Waals surface area (Å²) >= 11 is 0. The van der Waals surface area contributed by atoms with Gasteiger partial charge in [0, 0.05) is 12.0 Å². The second kappa shape index (κ2) is 5.13. The van der Waals surface area contributed by atoms with Gasteiger partial charge in [-0.25, -0.2) is 4.98 Å². The second-order valence-corrected chi connectivity index (χ2v) is 6.87. The van der Waals surface area contributed by atoms with Crippen LogP contribution in [-0.4, -0.2) is 22.6 Å². The summed E-state index contributed by atoms with van der Waals surface area (Å²) in [5.41, 5.74) is 5.32. The molecule has 0 spiro atoms. The van der Waals surface area contributed by atoms with Crippen LogP contribution in [0.5, 0.6) is 0 Å². The van der Waals surface area contributed by atoms with Crippen molar-refractivity contribution in [2.75, 3.05) is 13.1 Å². The van der Waals surface area contributed by atoms with Gasteiger partial charge in [0.25, 0.3) is 0 Å². The molecule has 1 aliphatic carbocycles. The van der Waals surface area contributed by atoms with Crippen molar-refractivity contribution in [3.05, 3.63) is 29.1 Å². The van der Waals surface area contributed by atoms with Gasteiger partial charge in [-0.1, -0.05) is 6.42 Å². The summed E-state index contributed by atoms with van der Waals surface area (Å²) in [5.74, 6) is 2.07. The van der Waals surface area contributed by atoms with Crippen LogP contribution in [-0.2, 0) is 0 Å². The molecule has 0 amide bonds. The molecule has 2 heterocycles. The summed E-state index contributed by atoms with van der Waals surface area (Å²) < 4.78 is 2.60. The highest BCUT2D eigenvalue weighted by atomic mass is 15.1. The van der Waals surface area contributed by atoms with Crippen LogP contribution in [0.15, 0.2) is 12.1 Å². The van der Waals surface area contributed by atoms with E-state index < -0.39 is 0 Å². The number of piperidine rings is 1. The van der Waals surface area contributed by atoms with Gasteiger partial charge >= 0.3 is 0 Å². The number of aryl methyl sites for hydroxylation is 2. The second-order valence-electron chi connectivity index (χ2n) is 6.87. The number of nitrogens with zero attached hydrogens (tertiary/aromatic N) is 2. The first-order valence-corrected chi connectivity index (χ1v) is 8.44. The molecule has 0 radical (unpaired) electrons. The lowest BCUT2D eigenvalue weighted by molar-refractivity contribution is 0.332. The normalized spacial score (nSPS) is 20.9. The maximum absolute atomic E-state index is 5.05. The van der Waals surface area contributed by atoms with Crippen molar-refractivity contribution >= 4 is 11.0 Å². The Morgan fingerprint density at radius 1 is 1.05 bits per heavy atom. The molecule has 1 aliphatic heterocycles. The van der Waals surface area contributed by atoms with Crippen LogP contribution in [0.3, 0.4) is 0 Å². The molecule has 1 aromatic heterocycles. The monoisotopic (exact) mass is 283 g/mol. The molecule has 0 bridgehead atoms. The van der Waals surface area contributed by atoms with Crippen LogP contribution in [0.1, 0.15) is 61.0 Å². The third kappa shape index (κ3) is 2.18. The molecule has 1 saturated carbocycles. The fourth-order valence-corrected chi connectivity index (χ4v) is 3.77. The highest BCUT2D eigenvalue weighted by molar-refractivity contribution is 5.78. The molecular weight excluding hydrogens is 258 g/mol. The van der Waals surface area contributed by atoms with Gasteiger partial charge in [0.05, 0.1) is 11.0 Å². The average molecular weight is 283 g/mol. The van der Waals surface area contributed by atoms with Gasteiger partial charge < -0.3 is 9.88 Å². The van der Waals surface area contributed by atoms with Crippen molar-refractivity contribution in [1.82, 2.24) is 14.9 Å². The molecule has 2 aromatic rings. The van der Waals surface area contributed by atoms with Crippen LogP contribution >= 0.6 is 0 Å². The molecular formula is C18H25N3. The maximum Gasteiger partial charge on any atom is 0.113 e. The summed E-state index contributed by atoms with van der Waals surface area (Å²) in [6.45, 7) is 6.69. The molecule has 112 valence electrons. The van der Waals surface area contributed by atoms with Crippen LogP contribution in [0, 0.1) is 13.8 Å². The molecule has 0 atom stereocenters. The Labute approximate surface area is 126 Å². The van der Waals surface area contributed by atoms with E-state index in [1.54, 1.807) is 0 Å². The minimum Gasteiger partial charge on any atom is -0.325 e. The van der Waals surface area contributed by atoms with E-state index in [4.69, 9.17) is 4.98 Å². The van der Waals surface area contributed by atoms with Gasteiger partial charge in [-0.3, -0.25) is 0 Å². The summed E-state index contributed by atoms with van der Waals surface area (Å²) in [6, 6.07) is 5.28. The molecule has 1 N–H and O–H groups in total. The van der Waals surface area contributed by atoms with Gasteiger partial charge in [0.15, 0.2) is 0 Å². The lowest BCUT2D eigenvalue weighted by Crippen LogP contribution is -2.31. The number of benzene rings is 1. The Hall–Kier alpha value is -1.35. The van der Waals surface area contributed by atoms with Crippen molar-refractivity contribution in [1.29, 1.82) is 0 Å². The fraction of sp³-hybridized carbons (Fsp3) is 0.611. The quantitative estimate of drug-likeness (QED) is 0.907. The molecule has 3 nitrogen and oxygen atoms in total. The zero-order chi connectivity index (χ0) is 14.4. The predicted octanol–water partition coefficient (Wildman–Crippen LogP) is 3.85. The van der Waals surface area contributed by atoms with E-state index in [0.717, 1.165) is 13.1 Å². The van der Waals surface area contributed by atoms with Crippen molar-refractivity contribution < 1.29 is 0 Å². The van der Waals surface area contributed by atoms with Crippen molar-refractivity contribution in [2.24, 2.45) is 0 Å². The molecule has 4 rings (SSSR count). The van der Waals surface area contributed by atoms with E-state index in [0.29, 0.717) is 12.0 Å². The summed E-state index contributed by atoms with van der Waals surface area (Å²) in [7, 11) is 0. The zero-order valence-electron chi connectivity index (χ0n) is 13.2. The number of hydrogen-bond donors (Lipinski definition) is 1. The number of imidazole rings is 1. The van der Waals surface area contributed by atoms with Gasteiger partial charge in [-0.15, -0.1) is 0 Å². The van der Waals surface area contributed by atoms with Crippen LogP contribution in [0.25, 0.3) is 11.0 Å². The third-order valence-electron chi connectivity index (χ3n) is 5.48. The van der Waals surface area contributed by atoms with Gasteiger partial charge in [-0.2, -0.15) is 0 Å². The standard InChI is InChI=1S/C18H25N3/c1-12-10-16-17(11-13(12)2)21(15-6-8-19-9-7-15)18(20-16)14-4-3-5-14/h10-11,14-15,19H,3-9H2,1-2H3. The average Bonchev–Trinajstić information content (AvgIpc) is 2.76. The Morgan fingerprint density at radius 3 is 2.43 bits per heavy atom. The third-order valence-corrected chi connectivity index (χ3v) is 5.48. The van der Waals surface area contributed by atoms with E-state index in [9.17, 15) is 0 Å². The minimum atomic E-state index is 0.633. The summed E-state index contributed by atoms with van der Waals surface area (Å²) in [5, 5.41) is 3.49. The van der Waals surface area contributed by atoms with Crippen LogP contribution in [0.4, 0.5) is 0 Å². The van der Waals surface area contributed by atoms with Gasteiger partial charge in [-0.05, 0) is 75.9 Å². The van der Waals surface area contributed by atoms with E-state index in [1.807, 2.05) is 0 Å². The smallest absolute Gasteiger partial charge is 0.113 e. The topological polar surface area (TPSA) is 29.9 Å². The molecule has 2 fully saturated rings. The molecule has 21 heavy (non-hydrogen) atoms. The van der Waals surface area contributed by atoms with E-state index in [-0.39, 0.29) is 0 Å². The van der Waals surface area contributed by atoms with E-state index in [2.05, 4.69) is 35.9 Å². The van der Waals surface area contributed by atoms with Gasteiger partial charge in [0.1, 0.15) is 5.82 Å². The fourth-order valence-electron chi connectivity index (χ4n) is 3.77. The lowest BCUT2D eigenvalue weighted by Gasteiger charge is -2.31. The molecule has 1 aromatic carbocycles. The Kier molecular flexibility index (Phi) is 3.26. The van der Waals surface area contributed by atoms with Crippen molar-refractivity contribution in [3.63, 3.8) is 0 Å². The first kappa shape index (κ1) is 13.3. The molecule has 1 saturated heterocycles. The summed E-state index contributed by atoms with van der Waals surface area (Å²) in [6.07, 6.45) is 6.49. The number of fused-ring (bicyclic) bond motifs is 1. The number of rotatable bonds is 2. The predicted molar refractivity (Wildman–Crippen MR) is 86.9 cm³/mol. The SMILES string of the molecule is Cc1cc2nc(C3CCC3)n(C3CCNCC3)c2cc1C. The highest BCUT2D eigenvalue weighted by Gasteiger charge is 2.29. The Balaban J connectivity index is 1.88.